The van der Waals surface area contributed by atoms with Gasteiger partial charge in [-0.15, -0.1) is 0 Å². The summed E-state index contributed by atoms with van der Waals surface area (Å²) in [7, 11) is 0. The van der Waals surface area contributed by atoms with Crippen molar-refractivity contribution in [1.82, 2.24) is 4.98 Å². The lowest BCUT2D eigenvalue weighted by Crippen LogP contribution is -2.37. The summed E-state index contributed by atoms with van der Waals surface area (Å²) in [6, 6.07) is 20.9. The average molecular weight is 451 g/mol. The minimum absolute atomic E-state index is 0.0512. The van der Waals surface area contributed by atoms with Gasteiger partial charge in [-0.1, -0.05) is 36.4 Å². The fourth-order valence-corrected chi connectivity index (χ4v) is 4.02. The number of hydrogen-bond donors (Lipinski definition) is 4. The molecule has 168 valence electrons. The van der Waals surface area contributed by atoms with Crippen molar-refractivity contribution in [3.63, 3.8) is 0 Å². The van der Waals surface area contributed by atoms with Crippen molar-refractivity contribution >= 4 is 27.8 Å². The van der Waals surface area contributed by atoms with Crippen LogP contribution >= 0.6 is 0 Å². The second kappa shape index (κ2) is 8.37. The number of nitrogens with zero attached hydrogens (tertiary/aromatic N) is 1. The van der Waals surface area contributed by atoms with Gasteiger partial charge in [0.15, 0.2) is 0 Å². The molecule has 0 saturated heterocycles. The van der Waals surface area contributed by atoms with Gasteiger partial charge in [-0.25, -0.2) is 0 Å². The molecule has 5 aromatic rings. The molecule has 0 fully saturated rings. The quantitative estimate of drug-likeness (QED) is 0.216. The molecule has 0 unspecified atom stereocenters. The average Bonchev–Trinajstić information content (AvgIpc) is 2.86. The number of benzene rings is 3. The van der Waals surface area contributed by atoms with Crippen LogP contribution in [0.15, 0.2) is 88.6 Å². The van der Waals surface area contributed by atoms with Gasteiger partial charge in [0.25, 0.3) is 10.9 Å². The molecular weight excluding hydrogens is 430 g/mol. The Morgan fingerprint density at radius 1 is 0.853 bits per heavy atom. The molecule has 34 heavy (non-hydrogen) atoms. The van der Waals surface area contributed by atoms with E-state index in [0.717, 1.165) is 16.3 Å². The maximum atomic E-state index is 12.3. The highest BCUT2D eigenvalue weighted by atomic mass is 16.3. The molecule has 0 amide bonds. The van der Waals surface area contributed by atoms with Crippen molar-refractivity contribution in [3.05, 3.63) is 105 Å². The lowest BCUT2D eigenvalue weighted by Gasteiger charge is -2.20. The van der Waals surface area contributed by atoms with Crippen molar-refractivity contribution < 1.29 is 10.2 Å². The molecular formula is C27H21N3O4. The summed E-state index contributed by atoms with van der Waals surface area (Å²) in [6.07, 6.45) is 1.68. The van der Waals surface area contributed by atoms with Crippen molar-refractivity contribution in [2.24, 2.45) is 0 Å². The highest BCUT2D eigenvalue weighted by Gasteiger charge is 2.23. The third-order valence-corrected chi connectivity index (χ3v) is 5.84. The Kier molecular flexibility index (Phi) is 5.22. The van der Waals surface area contributed by atoms with Crippen molar-refractivity contribution in [1.29, 1.82) is 0 Å². The first-order chi connectivity index (χ1) is 16.4. The van der Waals surface area contributed by atoms with Crippen LogP contribution < -0.4 is 21.5 Å². The van der Waals surface area contributed by atoms with E-state index in [1.165, 1.54) is 6.07 Å². The zero-order chi connectivity index (χ0) is 23.8. The minimum atomic E-state index is -0.622. The van der Waals surface area contributed by atoms with E-state index in [1.54, 1.807) is 36.5 Å². The molecule has 4 aromatic carbocycles. The van der Waals surface area contributed by atoms with Gasteiger partial charge in [-0.05, 0) is 54.3 Å². The number of rotatable bonds is 6. The Morgan fingerprint density at radius 2 is 1.65 bits per heavy atom. The first-order valence-electron chi connectivity index (χ1n) is 10.8. The normalized spacial score (nSPS) is 12.0. The van der Waals surface area contributed by atoms with Gasteiger partial charge in [0.1, 0.15) is 22.9 Å². The number of aromatic hydroxyl groups is 2. The molecule has 0 radical (unpaired) electrons. The summed E-state index contributed by atoms with van der Waals surface area (Å²) >= 11 is 0. The number of hydrogen-bond acceptors (Lipinski definition) is 7. The summed E-state index contributed by atoms with van der Waals surface area (Å²) in [5.41, 5.74) is 1.52. The lowest BCUT2D eigenvalue weighted by atomic mass is 10.0. The summed E-state index contributed by atoms with van der Waals surface area (Å²) in [6.45, 7) is 1.83. The van der Waals surface area contributed by atoms with E-state index in [-0.39, 0.29) is 28.9 Å². The first kappa shape index (κ1) is 21.2. The van der Waals surface area contributed by atoms with E-state index in [4.69, 9.17) is 0 Å². The van der Waals surface area contributed by atoms with Gasteiger partial charge in [-0.3, -0.25) is 14.6 Å². The first-order valence-corrected chi connectivity index (χ1v) is 10.8. The molecule has 7 nitrogen and oxygen atoms in total. The maximum absolute atomic E-state index is 12.3. The van der Waals surface area contributed by atoms with E-state index in [0.29, 0.717) is 16.9 Å². The van der Waals surface area contributed by atoms with Crippen LogP contribution in [0.25, 0.3) is 22.0 Å². The highest BCUT2D eigenvalue weighted by molar-refractivity contribution is 5.96. The monoisotopic (exact) mass is 451 g/mol. The van der Waals surface area contributed by atoms with E-state index < -0.39 is 10.9 Å². The number of nitrogens with one attached hydrogen (secondary N) is 2. The van der Waals surface area contributed by atoms with Crippen molar-refractivity contribution in [2.75, 3.05) is 10.6 Å². The number of aromatic nitrogens is 1. The van der Waals surface area contributed by atoms with E-state index in [9.17, 15) is 19.8 Å². The standard InChI is InChI=1S/C27H21N3O4/c1-15(17-6-4-7-19(31)13-17)29-24-25(27(34)26(24)33)30-18-9-10-22(32)21(14-18)23-20-8-3-2-5-16(20)11-12-28-23/h2-15,29-32H,1H3/t15-/m0/s1. The molecule has 1 aromatic heterocycles. The number of fused-ring (bicyclic) bond motifs is 1. The Labute approximate surface area is 194 Å². The van der Waals surface area contributed by atoms with Gasteiger partial charge < -0.3 is 20.8 Å². The van der Waals surface area contributed by atoms with Crippen molar-refractivity contribution in [2.45, 2.75) is 13.0 Å². The lowest BCUT2D eigenvalue weighted by molar-refractivity contribution is 0.474. The number of phenolic OH excluding ortho intramolecular Hbond substituents is 2. The Balaban J connectivity index is 1.47. The van der Waals surface area contributed by atoms with E-state index in [1.807, 2.05) is 43.3 Å². The second-order valence-electron chi connectivity index (χ2n) is 8.11. The number of anilines is 3. The molecule has 5 rings (SSSR count). The fourth-order valence-electron chi connectivity index (χ4n) is 4.02. The van der Waals surface area contributed by atoms with Crippen LogP contribution in [0, 0.1) is 0 Å². The second-order valence-corrected chi connectivity index (χ2v) is 8.11. The van der Waals surface area contributed by atoms with Crippen molar-refractivity contribution in [3.8, 4) is 22.8 Å². The topological polar surface area (TPSA) is 112 Å². The van der Waals surface area contributed by atoms with E-state index >= 15 is 0 Å². The molecule has 0 spiro atoms. The molecule has 0 aliphatic heterocycles. The summed E-state index contributed by atoms with van der Waals surface area (Å²) in [4.78, 5) is 29.1. The van der Waals surface area contributed by atoms with Gasteiger partial charge in [0, 0.05) is 28.9 Å². The van der Waals surface area contributed by atoms with Crippen LogP contribution in [0.4, 0.5) is 17.1 Å². The van der Waals surface area contributed by atoms with Crippen LogP contribution in [0.5, 0.6) is 11.5 Å². The molecule has 0 aliphatic rings. The summed E-state index contributed by atoms with van der Waals surface area (Å²) < 4.78 is 0. The Bertz CT molecular complexity index is 1600. The predicted molar refractivity (Wildman–Crippen MR) is 134 cm³/mol. The fraction of sp³-hybridized carbons (Fsp3) is 0.0741. The molecule has 0 aliphatic carbocycles. The van der Waals surface area contributed by atoms with Gasteiger partial charge >= 0.3 is 0 Å². The zero-order valence-electron chi connectivity index (χ0n) is 18.2. The molecule has 7 heteroatoms. The molecule has 1 atom stereocenters. The largest absolute Gasteiger partial charge is 0.508 e. The maximum Gasteiger partial charge on any atom is 0.253 e. The molecule has 0 bridgehead atoms. The molecule has 0 saturated carbocycles. The smallest absolute Gasteiger partial charge is 0.253 e. The molecule has 4 N–H and O–H groups in total. The summed E-state index contributed by atoms with van der Waals surface area (Å²) in [5.74, 6) is 0.170. The van der Waals surface area contributed by atoms with E-state index in [2.05, 4.69) is 15.6 Å². The number of pyridine rings is 1. The third kappa shape index (κ3) is 3.73. The highest BCUT2D eigenvalue weighted by Crippen LogP contribution is 2.36. The van der Waals surface area contributed by atoms with Crippen LogP contribution in [0.1, 0.15) is 18.5 Å². The van der Waals surface area contributed by atoms with Crippen LogP contribution in [0.3, 0.4) is 0 Å². The third-order valence-electron chi connectivity index (χ3n) is 5.84. The predicted octanol–water partition coefficient (Wildman–Crippen LogP) is 4.83. The number of phenols is 2. The van der Waals surface area contributed by atoms with Gasteiger partial charge in [0.05, 0.1) is 5.69 Å². The Morgan fingerprint density at radius 3 is 2.47 bits per heavy atom. The Hall–Kier alpha value is -4.65. The minimum Gasteiger partial charge on any atom is -0.508 e. The summed E-state index contributed by atoms with van der Waals surface area (Å²) in [5, 5.41) is 28.2. The zero-order valence-corrected chi connectivity index (χ0v) is 18.2. The van der Waals surface area contributed by atoms with Crippen LogP contribution in [-0.2, 0) is 0 Å². The SMILES string of the molecule is C[C@H](Nc1c(Nc2ccc(O)c(-c3nccc4ccccc34)c2)c(=O)c1=O)c1cccc(O)c1. The van der Waals surface area contributed by atoms with Gasteiger partial charge in [0.2, 0.25) is 0 Å². The molecule has 1 heterocycles. The van der Waals surface area contributed by atoms with Crippen LogP contribution in [0.2, 0.25) is 0 Å². The van der Waals surface area contributed by atoms with Crippen LogP contribution in [-0.4, -0.2) is 15.2 Å². The van der Waals surface area contributed by atoms with Gasteiger partial charge in [-0.2, -0.15) is 0 Å².